The highest BCUT2D eigenvalue weighted by molar-refractivity contribution is 6.36. The Bertz CT molecular complexity index is 1190. The van der Waals surface area contributed by atoms with Crippen LogP contribution in [0, 0.1) is 11.7 Å². The molecule has 1 amide bonds. The van der Waals surface area contributed by atoms with Gasteiger partial charge in [0.05, 0.1) is 12.8 Å². The van der Waals surface area contributed by atoms with Crippen molar-refractivity contribution in [3.63, 3.8) is 0 Å². The molecule has 8 heteroatoms. The molecule has 0 spiro atoms. The Labute approximate surface area is 201 Å². The number of aryl methyl sites for hydroxylation is 1. The minimum atomic E-state index is -0.429. The summed E-state index contributed by atoms with van der Waals surface area (Å²) in [4.78, 5) is 15.3. The number of H-pyrrole nitrogens is 1. The predicted octanol–water partition coefficient (Wildman–Crippen LogP) is 5.48. The highest BCUT2D eigenvalue weighted by Crippen LogP contribution is 2.37. The van der Waals surface area contributed by atoms with E-state index in [2.05, 4.69) is 10.2 Å². The van der Waals surface area contributed by atoms with Crippen molar-refractivity contribution in [2.24, 2.45) is 5.92 Å². The van der Waals surface area contributed by atoms with Gasteiger partial charge in [-0.1, -0.05) is 29.3 Å². The summed E-state index contributed by atoms with van der Waals surface area (Å²) in [6, 6.07) is 8.48. The molecular formula is C25H24Cl2FN3O2. The van der Waals surface area contributed by atoms with Crippen LogP contribution < -0.4 is 4.74 Å². The van der Waals surface area contributed by atoms with Gasteiger partial charge in [0.25, 0.3) is 0 Å². The summed E-state index contributed by atoms with van der Waals surface area (Å²) in [5.41, 5.74) is 4.62. The van der Waals surface area contributed by atoms with Crippen molar-refractivity contribution in [2.45, 2.75) is 38.1 Å². The van der Waals surface area contributed by atoms with Gasteiger partial charge in [0.15, 0.2) is 11.6 Å². The van der Waals surface area contributed by atoms with Crippen LogP contribution in [0.1, 0.15) is 29.7 Å². The van der Waals surface area contributed by atoms with Gasteiger partial charge >= 0.3 is 0 Å². The molecule has 0 radical (unpaired) electrons. The van der Waals surface area contributed by atoms with Gasteiger partial charge in [0.2, 0.25) is 5.91 Å². The number of carbonyl (C=O) groups is 1. The number of fused-ring (bicyclic) bond motifs is 1. The maximum atomic E-state index is 13.8. The third-order valence-electron chi connectivity index (χ3n) is 6.85. The van der Waals surface area contributed by atoms with Gasteiger partial charge in [-0.15, -0.1) is 0 Å². The zero-order valence-corrected chi connectivity index (χ0v) is 19.7. The number of benzene rings is 2. The third kappa shape index (κ3) is 4.22. The number of ether oxygens (including phenoxy) is 1. The minimum Gasteiger partial charge on any atom is -0.494 e. The Morgan fingerprint density at radius 1 is 1.18 bits per heavy atom. The van der Waals surface area contributed by atoms with Crippen molar-refractivity contribution in [2.75, 3.05) is 13.7 Å². The lowest BCUT2D eigenvalue weighted by Gasteiger charge is -2.31. The van der Waals surface area contributed by atoms with Crippen LogP contribution in [0.5, 0.6) is 5.75 Å². The fourth-order valence-corrected chi connectivity index (χ4v) is 5.67. The van der Waals surface area contributed by atoms with Gasteiger partial charge in [0.1, 0.15) is 0 Å². The third-order valence-corrected chi connectivity index (χ3v) is 7.52. The maximum absolute atomic E-state index is 13.8. The topological polar surface area (TPSA) is 58.2 Å². The van der Waals surface area contributed by atoms with Gasteiger partial charge in [-0.05, 0) is 78.6 Å². The average molecular weight is 488 g/mol. The summed E-state index contributed by atoms with van der Waals surface area (Å²) < 4.78 is 18.9. The largest absolute Gasteiger partial charge is 0.494 e. The number of hydrogen-bond donors (Lipinski definition) is 1. The van der Waals surface area contributed by atoms with E-state index in [0.717, 1.165) is 54.6 Å². The van der Waals surface area contributed by atoms with Crippen molar-refractivity contribution >= 4 is 29.1 Å². The number of aromatic nitrogens is 2. The molecule has 5 nitrogen and oxygen atoms in total. The Balaban J connectivity index is 1.32. The molecule has 1 unspecified atom stereocenters. The fraction of sp³-hybridized carbons (Fsp3) is 0.360. The lowest BCUT2D eigenvalue weighted by atomic mass is 9.92. The lowest BCUT2D eigenvalue weighted by molar-refractivity contribution is -0.133. The summed E-state index contributed by atoms with van der Waals surface area (Å²) in [5.74, 6) is -0.235. The van der Waals surface area contributed by atoms with Crippen molar-refractivity contribution in [3.8, 4) is 16.9 Å². The molecule has 172 valence electrons. The molecule has 0 saturated carbocycles. The van der Waals surface area contributed by atoms with E-state index in [0.29, 0.717) is 16.5 Å². The number of methoxy groups -OCH3 is 1. The molecule has 1 aromatic heterocycles. The second-order valence-electron chi connectivity index (χ2n) is 8.74. The van der Waals surface area contributed by atoms with E-state index < -0.39 is 5.82 Å². The normalized spacial score (nSPS) is 20.2. The quantitative estimate of drug-likeness (QED) is 0.518. The first kappa shape index (κ1) is 22.2. The zero-order chi connectivity index (χ0) is 23.1. The SMILES string of the molecule is COc1cc(-c2cc(Cl)c(C[C@@H]3CCN(C4CCc5n[nH]cc5C4)C3=O)c(Cl)c2)ccc1F. The molecule has 2 heterocycles. The van der Waals surface area contributed by atoms with E-state index in [1.807, 2.05) is 23.2 Å². The second-order valence-corrected chi connectivity index (χ2v) is 9.56. The van der Waals surface area contributed by atoms with E-state index in [-0.39, 0.29) is 23.6 Å². The molecule has 1 aliphatic heterocycles. The summed E-state index contributed by atoms with van der Waals surface area (Å²) in [6.45, 7) is 0.754. The summed E-state index contributed by atoms with van der Waals surface area (Å²) in [6.07, 6.45) is 5.92. The monoisotopic (exact) mass is 487 g/mol. The van der Waals surface area contributed by atoms with Crippen molar-refractivity contribution in [1.82, 2.24) is 15.1 Å². The van der Waals surface area contributed by atoms with E-state index >= 15 is 0 Å². The Morgan fingerprint density at radius 2 is 1.97 bits per heavy atom. The van der Waals surface area contributed by atoms with E-state index in [9.17, 15) is 9.18 Å². The number of likely N-dealkylation sites (tertiary alicyclic amines) is 1. The number of rotatable bonds is 5. The van der Waals surface area contributed by atoms with Gasteiger partial charge in [0, 0.05) is 34.7 Å². The highest BCUT2D eigenvalue weighted by Gasteiger charge is 2.38. The van der Waals surface area contributed by atoms with Gasteiger partial charge in [-0.3, -0.25) is 9.89 Å². The molecule has 5 rings (SSSR count). The number of nitrogens with one attached hydrogen (secondary N) is 1. The smallest absolute Gasteiger partial charge is 0.226 e. The van der Waals surface area contributed by atoms with Gasteiger partial charge in [-0.25, -0.2) is 4.39 Å². The van der Waals surface area contributed by atoms with Crippen LogP contribution in [-0.2, 0) is 24.1 Å². The van der Waals surface area contributed by atoms with Gasteiger partial charge in [-0.2, -0.15) is 5.10 Å². The molecule has 1 aliphatic carbocycles. The highest BCUT2D eigenvalue weighted by atomic mass is 35.5. The Morgan fingerprint density at radius 3 is 2.73 bits per heavy atom. The fourth-order valence-electron chi connectivity index (χ4n) is 5.03. The number of amides is 1. The first-order chi connectivity index (χ1) is 15.9. The number of aromatic amines is 1. The molecule has 2 aliphatic rings. The molecule has 1 saturated heterocycles. The Hall–Kier alpha value is -2.57. The summed E-state index contributed by atoms with van der Waals surface area (Å²) in [5, 5.41) is 8.23. The number of halogens is 3. The maximum Gasteiger partial charge on any atom is 0.226 e. The minimum absolute atomic E-state index is 0.137. The number of carbonyl (C=O) groups excluding carboxylic acids is 1. The molecule has 1 N–H and O–H groups in total. The van der Waals surface area contributed by atoms with Crippen LogP contribution in [0.15, 0.2) is 36.5 Å². The standard InChI is InChI=1S/C25H24Cl2FN3O2/c1-33-24-12-14(2-4-22(24)28)16-10-20(26)19(21(27)11-16)9-15-6-7-31(25(15)32)18-3-5-23-17(8-18)13-29-30-23/h2,4,10-13,15,18H,3,5-9H2,1H3,(H,29,30)/t15-,18?/m0/s1. The van der Waals surface area contributed by atoms with E-state index in [4.69, 9.17) is 27.9 Å². The molecule has 3 aromatic rings. The van der Waals surface area contributed by atoms with Crippen LogP contribution in [-0.4, -0.2) is 40.7 Å². The zero-order valence-electron chi connectivity index (χ0n) is 18.2. The second kappa shape index (κ2) is 8.99. The van der Waals surface area contributed by atoms with Crippen LogP contribution in [0.25, 0.3) is 11.1 Å². The number of hydrogen-bond acceptors (Lipinski definition) is 3. The van der Waals surface area contributed by atoms with Crippen LogP contribution in [0.4, 0.5) is 4.39 Å². The first-order valence-corrected chi connectivity index (χ1v) is 11.8. The summed E-state index contributed by atoms with van der Waals surface area (Å²) >= 11 is 13.2. The predicted molar refractivity (Wildman–Crippen MR) is 126 cm³/mol. The molecule has 33 heavy (non-hydrogen) atoms. The molecule has 1 fully saturated rings. The van der Waals surface area contributed by atoms with Gasteiger partial charge < -0.3 is 9.64 Å². The Kier molecular flexibility index (Phi) is 6.06. The average Bonchev–Trinajstić information content (AvgIpc) is 3.42. The summed E-state index contributed by atoms with van der Waals surface area (Å²) in [7, 11) is 1.43. The van der Waals surface area contributed by atoms with Crippen LogP contribution in [0.2, 0.25) is 10.0 Å². The van der Waals surface area contributed by atoms with Crippen molar-refractivity contribution < 1.29 is 13.9 Å². The van der Waals surface area contributed by atoms with E-state index in [1.165, 1.54) is 18.7 Å². The molecule has 2 aromatic carbocycles. The molecular weight excluding hydrogens is 464 g/mol. The lowest BCUT2D eigenvalue weighted by Crippen LogP contribution is -2.41. The molecule has 0 bridgehead atoms. The van der Waals surface area contributed by atoms with Crippen LogP contribution in [0.3, 0.4) is 0 Å². The molecule has 2 atom stereocenters. The first-order valence-electron chi connectivity index (χ1n) is 11.1. The number of nitrogens with zero attached hydrogens (tertiary/aromatic N) is 2. The van der Waals surface area contributed by atoms with Crippen molar-refractivity contribution in [1.29, 1.82) is 0 Å². The van der Waals surface area contributed by atoms with Crippen LogP contribution >= 0.6 is 23.2 Å². The van der Waals surface area contributed by atoms with Crippen molar-refractivity contribution in [3.05, 3.63) is 69.2 Å². The van der Waals surface area contributed by atoms with E-state index in [1.54, 1.807) is 12.1 Å².